The molecule has 0 unspecified atom stereocenters. The largest absolute Gasteiger partial charge is 0.461 e. The van der Waals surface area contributed by atoms with Gasteiger partial charge in [0.25, 0.3) is 0 Å². The molecule has 0 saturated heterocycles. The van der Waals surface area contributed by atoms with Crippen molar-refractivity contribution in [3.63, 3.8) is 0 Å². The number of carbonyl (C=O) groups is 1. The van der Waals surface area contributed by atoms with Crippen LogP contribution in [0.4, 0.5) is 5.82 Å². The van der Waals surface area contributed by atoms with E-state index in [9.17, 15) is 4.79 Å². The van der Waals surface area contributed by atoms with Crippen molar-refractivity contribution in [2.24, 2.45) is 0 Å². The fraction of sp³-hybridized carbons (Fsp3) is 0.250. The van der Waals surface area contributed by atoms with Gasteiger partial charge in [0.15, 0.2) is 5.69 Å². The Morgan fingerprint density at radius 1 is 1.44 bits per heavy atom. The van der Waals surface area contributed by atoms with Gasteiger partial charge in [0.05, 0.1) is 18.5 Å². The molecular formula is C12H14N4O2. The van der Waals surface area contributed by atoms with E-state index < -0.39 is 5.97 Å². The van der Waals surface area contributed by atoms with Crippen LogP contribution in [-0.4, -0.2) is 27.1 Å². The Morgan fingerprint density at radius 2 is 2.22 bits per heavy atom. The monoisotopic (exact) mass is 246 g/mol. The Bertz CT molecular complexity index is 560. The molecule has 2 aromatic heterocycles. The molecule has 0 saturated carbocycles. The number of aromatic nitrogens is 3. The van der Waals surface area contributed by atoms with E-state index >= 15 is 0 Å². The standard InChI is InChI=1S/C12H14N4O2/c1-3-18-12(17)10-11(13)16(7-15-10)9-5-4-8(2)14-6-9/h4-7H,3,13H2,1-2H3. The summed E-state index contributed by atoms with van der Waals surface area (Å²) in [6, 6.07) is 3.72. The van der Waals surface area contributed by atoms with Crippen molar-refractivity contribution in [3.8, 4) is 5.69 Å². The van der Waals surface area contributed by atoms with E-state index in [0.29, 0.717) is 0 Å². The summed E-state index contributed by atoms with van der Waals surface area (Å²) in [7, 11) is 0. The van der Waals surface area contributed by atoms with Gasteiger partial charge in [-0.1, -0.05) is 0 Å². The number of hydrogen-bond donors (Lipinski definition) is 1. The molecule has 18 heavy (non-hydrogen) atoms. The third-order valence-corrected chi connectivity index (χ3v) is 2.45. The first-order chi connectivity index (χ1) is 8.63. The van der Waals surface area contributed by atoms with Crippen LogP contribution in [0.15, 0.2) is 24.7 Å². The highest BCUT2D eigenvalue weighted by Crippen LogP contribution is 2.17. The molecule has 0 bridgehead atoms. The predicted octanol–water partition coefficient (Wildman–Crippen LogP) is 1.33. The van der Waals surface area contributed by atoms with Crippen molar-refractivity contribution < 1.29 is 9.53 Å². The van der Waals surface area contributed by atoms with Crippen LogP contribution in [0, 0.1) is 6.92 Å². The van der Waals surface area contributed by atoms with Gasteiger partial charge in [-0.2, -0.15) is 0 Å². The summed E-state index contributed by atoms with van der Waals surface area (Å²) in [5.74, 6) is -0.270. The van der Waals surface area contributed by atoms with Crippen molar-refractivity contribution in [2.75, 3.05) is 12.3 Å². The molecule has 6 heteroatoms. The molecule has 0 aromatic carbocycles. The second kappa shape index (κ2) is 4.87. The van der Waals surface area contributed by atoms with Crippen LogP contribution in [0.1, 0.15) is 23.1 Å². The van der Waals surface area contributed by atoms with Crippen LogP contribution in [0.25, 0.3) is 5.69 Å². The quantitative estimate of drug-likeness (QED) is 0.826. The second-order valence-corrected chi connectivity index (χ2v) is 3.73. The first-order valence-electron chi connectivity index (χ1n) is 5.56. The molecular weight excluding hydrogens is 232 g/mol. The molecule has 94 valence electrons. The van der Waals surface area contributed by atoms with Crippen molar-refractivity contribution in [2.45, 2.75) is 13.8 Å². The summed E-state index contributed by atoms with van der Waals surface area (Å²) < 4.78 is 6.46. The Hall–Kier alpha value is -2.37. The molecule has 0 spiro atoms. The van der Waals surface area contributed by atoms with E-state index in [4.69, 9.17) is 10.5 Å². The van der Waals surface area contributed by atoms with E-state index in [2.05, 4.69) is 9.97 Å². The molecule has 0 amide bonds. The lowest BCUT2D eigenvalue weighted by Gasteiger charge is -2.05. The zero-order chi connectivity index (χ0) is 13.1. The highest BCUT2D eigenvalue weighted by Gasteiger charge is 2.17. The smallest absolute Gasteiger partial charge is 0.360 e. The van der Waals surface area contributed by atoms with Crippen LogP contribution in [0.2, 0.25) is 0 Å². The van der Waals surface area contributed by atoms with Crippen LogP contribution in [-0.2, 0) is 4.74 Å². The Kier molecular flexibility index (Phi) is 3.27. The number of anilines is 1. The van der Waals surface area contributed by atoms with Gasteiger partial charge in [0.1, 0.15) is 12.1 Å². The van der Waals surface area contributed by atoms with Crippen LogP contribution in [0.3, 0.4) is 0 Å². The molecule has 2 aromatic rings. The van der Waals surface area contributed by atoms with Crippen molar-refractivity contribution in [1.29, 1.82) is 0 Å². The molecule has 6 nitrogen and oxygen atoms in total. The summed E-state index contributed by atoms with van der Waals surface area (Å²) in [4.78, 5) is 19.7. The van der Waals surface area contributed by atoms with E-state index in [1.807, 2.05) is 19.1 Å². The molecule has 2 rings (SSSR count). The minimum atomic E-state index is -0.520. The number of hydrogen-bond acceptors (Lipinski definition) is 5. The molecule has 0 aliphatic carbocycles. The normalized spacial score (nSPS) is 10.3. The SMILES string of the molecule is CCOC(=O)c1ncn(-c2ccc(C)nc2)c1N. The fourth-order valence-electron chi connectivity index (χ4n) is 1.52. The van der Waals surface area contributed by atoms with Gasteiger partial charge in [-0.15, -0.1) is 0 Å². The number of pyridine rings is 1. The van der Waals surface area contributed by atoms with E-state index in [-0.39, 0.29) is 18.1 Å². The highest BCUT2D eigenvalue weighted by atomic mass is 16.5. The van der Waals surface area contributed by atoms with E-state index in [0.717, 1.165) is 11.4 Å². The van der Waals surface area contributed by atoms with Crippen LogP contribution >= 0.6 is 0 Å². The second-order valence-electron chi connectivity index (χ2n) is 3.73. The predicted molar refractivity (Wildman–Crippen MR) is 66.5 cm³/mol. The fourth-order valence-corrected chi connectivity index (χ4v) is 1.52. The minimum absolute atomic E-state index is 0.123. The summed E-state index contributed by atoms with van der Waals surface area (Å²) >= 11 is 0. The Labute approximate surface area is 104 Å². The maximum atomic E-state index is 11.6. The first kappa shape index (κ1) is 12.1. The third kappa shape index (κ3) is 2.17. The van der Waals surface area contributed by atoms with Crippen molar-refractivity contribution in [3.05, 3.63) is 36.0 Å². The average Bonchev–Trinajstić information content (AvgIpc) is 2.73. The summed E-state index contributed by atoms with van der Waals surface area (Å²) in [5, 5.41) is 0. The lowest BCUT2D eigenvalue weighted by atomic mass is 10.3. The number of nitrogen functional groups attached to an aromatic ring is 1. The zero-order valence-corrected chi connectivity index (χ0v) is 10.3. The maximum Gasteiger partial charge on any atom is 0.360 e. The number of carbonyl (C=O) groups excluding carboxylic acids is 1. The Balaban J connectivity index is 2.36. The molecule has 0 aliphatic rings. The molecule has 2 N–H and O–H groups in total. The first-order valence-corrected chi connectivity index (χ1v) is 5.56. The number of esters is 1. The number of rotatable bonds is 3. The molecule has 2 heterocycles. The molecule has 0 fully saturated rings. The average molecular weight is 246 g/mol. The van der Waals surface area contributed by atoms with Crippen LogP contribution in [0.5, 0.6) is 0 Å². The van der Waals surface area contributed by atoms with Gasteiger partial charge < -0.3 is 10.5 Å². The number of nitrogens with zero attached hydrogens (tertiary/aromatic N) is 3. The van der Waals surface area contributed by atoms with E-state index in [1.54, 1.807) is 17.7 Å². The zero-order valence-electron chi connectivity index (χ0n) is 10.3. The number of imidazole rings is 1. The topological polar surface area (TPSA) is 83.0 Å². The summed E-state index contributed by atoms with van der Waals surface area (Å²) in [6.45, 7) is 3.91. The lowest BCUT2D eigenvalue weighted by Crippen LogP contribution is -2.09. The van der Waals surface area contributed by atoms with Crippen molar-refractivity contribution in [1.82, 2.24) is 14.5 Å². The number of ether oxygens (including phenoxy) is 1. The molecule has 0 radical (unpaired) electrons. The van der Waals surface area contributed by atoms with Gasteiger partial charge in [0, 0.05) is 5.69 Å². The third-order valence-electron chi connectivity index (χ3n) is 2.45. The number of nitrogens with two attached hydrogens (primary N) is 1. The minimum Gasteiger partial charge on any atom is -0.461 e. The van der Waals surface area contributed by atoms with Gasteiger partial charge in [-0.05, 0) is 26.0 Å². The van der Waals surface area contributed by atoms with Gasteiger partial charge in [0.2, 0.25) is 0 Å². The lowest BCUT2D eigenvalue weighted by molar-refractivity contribution is 0.0521. The molecule has 0 atom stereocenters. The number of aryl methyl sites for hydroxylation is 1. The molecule has 0 aliphatic heterocycles. The van der Waals surface area contributed by atoms with E-state index in [1.165, 1.54) is 6.33 Å². The van der Waals surface area contributed by atoms with Gasteiger partial charge in [-0.3, -0.25) is 9.55 Å². The van der Waals surface area contributed by atoms with Crippen molar-refractivity contribution >= 4 is 11.8 Å². The Morgan fingerprint density at radius 3 is 2.83 bits per heavy atom. The maximum absolute atomic E-state index is 11.6. The summed E-state index contributed by atoms with van der Waals surface area (Å²) in [5.41, 5.74) is 7.66. The van der Waals surface area contributed by atoms with Gasteiger partial charge >= 0.3 is 5.97 Å². The highest BCUT2D eigenvalue weighted by molar-refractivity contribution is 5.92. The summed E-state index contributed by atoms with van der Waals surface area (Å²) in [6.07, 6.45) is 3.15. The van der Waals surface area contributed by atoms with Crippen LogP contribution < -0.4 is 5.73 Å². The van der Waals surface area contributed by atoms with Gasteiger partial charge in [-0.25, -0.2) is 9.78 Å².